The molecule has 5 rings (SSSR count). The molecular formula is C32H32N4O3. The second-order valence-electron chi connectivity index (χ2n) is 9.16. The molecule has 5 aromatic rings. The van der Waals surface area contributed by atoms with Gasteiger partial charge in [-0.1, -0.05) is 18.2 Å². The van der Waals surface area contributed by atoms with Gasteiger partial charge in [-0.05, 0) is 85.1 Å². The number of ether oxygens (including phenoxy) is 2. The largest absolute Gasteiger partial charge is 0.497 e. The number of benzene rings is 2. The summed E-state index contributed by atoms with van der Waals surface area (Å²) in [5.74, 6) is 1.62. The highest BCUT2D eigenvalue weighted by Gasteiger charge is 2.17. The zero-order valence-electron chi connectivity index (χ0n) is 22.3. The van der Waals surface area contributed by atoms with E-state index in [-0.39, 0.29) is 5.91 Å². The molecule has 7 nitrogen and oxygen atoms in total. The third-order valence-corrected chi connectivity index (χ3v) is 6.58. The number of carbonyl (C=O) groups is 1. The van der Waals surface area contributed by atoms with Crippen molar-refractivity contribution >= 4 is 11.6 Å². The Kier molecular flexibility index (Phi) is 8.17. The summed E-state index contributed by atoms with van der Waals surface area (Å²) in [7, 11) is 1.65. The fourth-order valence-electron chi connectivity index (χ4n) is 4.61. The van der Waals surface area contributed by atoms with Crippen molar-refractivity contribution in [3.8, 4) is 33.9 Å². The van der Waals surface area contributed by atoms with E-state index in [4.69, 9.17) is 14.5 Å². The number of imidazole rings is 1. The van der Waals surface area contributed by atoms with E-state index in [0.717, 1.165) is 50.9 Å². The first-order valence-corrected chi connectivity index (χ1v) is 13.2. The molecule has 0 spiro atoms. The zero-order chi connectivity index (χ0) is 27.0. The van der Waals surface area contributed by atoms with Crippen LogP contribution in [-0.4, -0.2) is 40.5 Å². The minimum Gasteiger partial charge on any atom is -0.497 e. The van der Waals surface area contributed by atoms with Gasteiger partial charge in [0.25, 0.3) is 0 Å². The van der Waals surface area contributed by atoms with Gasteiger partial charge in [0.1, 0.15) is 17.1 Å². The van der Waals surface area contributed by atoms with E-state index < -0.39 is 0 Å². The first-order valence-electron chi connectivity index (χ1n) is 13.2. The molecule has 0 saturated carbocycles. The van der Waals surface area contributed by atoms with Crippen LogP contribution < -0.4 is 14.8 Å². The van der Waals surface area contributed by atoms with Crippen LogP contribution in [-0.2, 0) is 17.6 Å². The Bertz CT molecular complexity index is 1550. The Morgan fingerprint density at radius 3 is 2.51 bits per heavy atom. The van der Waals surface area contributed by atoms with Crippen molar-refractivity contribution in [3.05, 3.63) is 103 Å². The summed E-state index contributed by atoms with van der Waals surface area (Å²) in [5.41, 5.74) is 6.71. The predicted molar refractivity (Wildman–Crippen MR) is 153 cm³/mol. The third kappa shape index (κ3) is 6.26. The van der Waals surface area contributed by atoms with Gasteiger partial charge in [0.05, 0.1) is 25.1 Å². The van der Waals surface area contributed by atoms with Crippen LogP contribution >= 0.6 is 0 Å². The number of nitrogens with one attached hydrogen (secondary N) is 1. The lowest BCUT2D eigenvalue weighted by Gasteiger charge is -2.10. The molecule has 3 heterocycles. The Morgan fingerprint density at radius 1 is 0.897 bits per heavy atom. The molecule has 3 aromatic heterocycles. The lowest BCUT2D eigenvalue weighted by molar-refractivity contribution is -0.121. The van der Waals surface area contributed by atoms with Crippen LogP contribution in [0.15, 0.2) is 91.3 Å². The van der Waals surface area contributed by atoms with Crippen LogP contribution in [0.25, 0.3) is 28.0 Å². The number of methoxy groups -OCH3 is 1. The van der Waals surface area contributed by atoms with Crippen molar-refractivity contribution in [3.63, 3.8) is 0 Å². The lowest BCUT2D eigenvalue weighted by Crippen LogP contribution is -2.26. The van der Waals surface area contributed by atoms with Crippen molar-refractivity contribution in [1.82, 2.24) is 19.7 Å². The summed E-state index contributed by atoms with van der Waals surface area (Å²) in [6.07, 6.45) is 5.45. The lowest BCUT2D eigenvalue weighted by atomic mass is 10.1. The maximum Gasteiger partial charge on any atom is 0.220 e. The normalized spacial score (nSPS) is 10.9. The van der Waals surface area contributed by atoms with Gasteiger partial charge in [0.15, 0.2) is 0 Å². The topological polar surface area (TPSA) is 77.8 Å². The molecular weight excluding hydrogens is 488 g/mol. The Morgan fingerprint density at radius 2 is 1.74 bits per heavy atom. The number of fused-ring (bicyclic) bond motifs is 1. The number of rotatable bonds is 11. The average Bonchev–Trinajstić information content (AvgIpc) is 3.35. The van der Waals surface area contributed by atoms with E-state index in [0.29, 0.717) is 32.4 Å². The molecule has 0 bridgehead atoms. The van der Waals surface area contributed by atoms with Crippen LogP contribution in [0.4, 0.5) is 0 Å². The maximum atomic E-state index is 12.8. The number of hydrogen-bond donors (Lipinski definition) is 1. The highest BCUT2D eigenvalue weighted by atomic mass is 16.5. The van der Waals surface area contributed by atoms with Gasteiger partial charge in [-0.25, -0.2) is 4.98 Å². The number of carbonyl (C=O) groups excluding carboxylic acids is 1. The van der Waals surface area contributed by atoms with E-state index in [2.05, 4.69) is 33.0 Å². The minimum absolute atomic E-state index is 0.00197. The first kappa shape index (κ1) is 26.0. The molecule has 0 radical (unpaired) electrons. The van der Waals surface area contributed by atoms with Gasteiger partial charge in [-0.3, -0.25) is 9.78 Å². The van der Waals surface area contributed by atoms with E-state index in [1.54, 1.807) is 13.3 Å². The molecule has 0 aliphatic carbocycles. The Hall–Kier alpha value is -4.65. The molecule has 0 fully saturated rings. The number of amides is 1. The number of aryl methyl sites for hydroxylation is 1. The summed E-state index contributed by atoms with van der Waals surface area (Å²) in [4.78, 5) is 22.1. The average molecular weight is 521 g/mol. The molecule has 1 amide bonds. The van der Waals surface area contributed by atoms with E-state index in [9.17, 15) is 4.79 Å². The zero-order valence-corrected chi connectivity index (χ0v) is 22.3. The highest BCUT2D eigenvalue weighted by Crippen LogP contribution is 2.30. The monoisotopic (exact) mass is 520 g/mol. The third-order valence-electron chi connectivity index (χ3n) is 6.58. The summed E-state index contributed by atoms with van der Waals surface area (Å²) < 4.78 is 13.1. The van der Waals surface area contributed by atoms with Gasteiger partial charge in [-0.2, -0.15) is 0 Å². The molecule has 0 atom stereocenters. The maximum absolute atomic E-state index is 12.8. The van der Waals surface area contributed by atoms with Crippen molar-refractivity contribution in [2.45, 2.75) is 26.2 Å². The van der Waals surface area contributed by atoms with Gasteiger partial charge >= 0.3 is 0 Å². The Labute approximate surface area is 228 Å². The highest BCUT2D eigenvalue weighted by molar-refractivity contribution is 5.77. The standard InChI is InChI=1S/C32H32N4O3/c1-3-39-28-9-6-7-24(21-28)25-12-16-30-35-32(23-10-13-27(38-2)14-11-23)29(36(30)22-25)15-17-31(37)34-20-18-26-8-4-5-19-33-26/h4-14,16,19,21-22H,3,15,17-18,20H2,1-2H3,(H,34,37). The van der Waals surface area contributed by atoms with Crippen LogP contribution in [0.5, 0.6) is 11.5 Å². The van der Waals surface area contributed by atoms with Gasteiger partial charge in [0.2, 0.25) is 5.91 Å². The smallest absolute Gasteiger partial charge is 0.220 e. The second-order valence-corrected chi connectivity index (χ2v) is 9.16. The first-order chi connectivity index (χ1) is 19.1. The van der Waals surface area contributed by atoms with E-state index >= 15 is 0 Å². The number of nitrogens with zero attached hydrogens (tertiary/aromatic N) is 3. The number of pyridine rings is 2. The molecule has 0 aliphatic rings. The van der Waals surface area contributed by atoms with Crippen molar-refractivity contribution < 1.29 is 14.3 Å². The molecule has 1 N–H and O–H groups in total. The predicted octanol–water partition coefficient (Wildman–Crippen LogP) is 5.76. The quantitative estimate of drug-likeness (QED) is 0.240. The van der Waals surface area contributed by atoms with Crippen LogP contribution in [0, 0.1) is 0 Å². The molecule has 0 unspecified atom stereocenters. The summed E-state index contributed by atoms with van der Waals surface area (Å²) in [6.45, 7) is 3.14. The molecule has 198 valence electrons. The van der Waals surface area contributed by atoms with Crippen molar-refractivity contribution in [1.29, 1.82) is 0 Å². The summed E-state index contributed by atoms with van der Waals surface area (Å²) in [5, 5.41) is 3.03. The molecule has 39 heavy (non-hydrogen) atoms. The van der Waals surface area contributed by atoms with Crippen LogP contribution in [0.2, 0.25) is 0 Å². The van der Waals surface area contributed by atoms with E-state index in [1.807, 2.05) is 73.7 Å². The summed E-state index contributed by atoms with van der Waals surface area (Å²) in [6, 6.07) is 25.8. The molecule has 0 saturated heterocycles. The Balaban J connectivity index is 1.42. The molecule has 2 aromatic carbocycles. The fourth-order valence-corrected chi connectivity index (χ4v) is 4.61. The van der Waals surface area contributed by atoms with E-state index in [1.165, 1.54) is 0 Å². The second kappa shape index (κ2) is 12.3. The van der Waals surface area contributed by atoms with Gasteiger partial charge in [0, 0.05) is 43.0 Å². The number of hydrogen-bond acceptors (Lipinski definition) is 5. The fraction of sp³-hybridized carbons (Fsp3) is 0.219. The molecule has 7 heteroatoms. The minimum atomic E-state index is 0.00197. The number of aromatic nitrogens is 3. The SMILES string of the molecule is CCOc1cccc(-c2ccc3nc(-c4ccc(OC)cc4)c(CCC(=O)NCCc4ccccn4)n3c2)c1. The summed E-state index contributed by atoms with van der Waals surface area (Å²) >= 11 is 0. The van der Waals surface area contributed by atoms with Crippen LogP contribution in [0.3, 0.4) is 0 Å². The van der Waals surface area contributed by atoms with Crippen molar-refractivity contribution in [2.24, 2.45) is 0 Å². The van der Waals surface area contributed by atoms with Gasteiger partial charge in [-0.15, -0.1) is 0 Å². The molecule has 0 aliphatic heterocycles. The van der Waals surface area contributed by atoms with Crippen LogP contribution in [0.1, 0.15) is 24.7 Å². The van der Waals surface area contributed by atoms with Gasteiger partial charge < -0.3 is 19.2 Å². The van der Waals surface area contributed by atoms with Crippen molar-refractivity contribution in [2.75, 3.05) is 20.3 Å².